The molecule has 7 nitrogen and oxygen atoms in total. The van der Waals surface area contributed by atoms with E-state index in [9.17, 15) is 18.0 Å². The summed E-state index contributed by atoms with van der Waals surface area (Å²) in [6.07, 6.45) is 4.05. The second-order valence-corrected chi connectivity index (χ2v) is 14.7. The predicted octanol–water partition coefficient (Wildman–Crippen LogP) is 7.50. The summed E-state index contributed by atoms with van der Waals surface area (Å²) < 4.78 is 29.5. The molecule has 0 unspecified atom stereocenters. The van der Waals surface area contributed by atoms with Crippen LogP contribution in [0, 0.1) is 13.8 Å². The molecule has 0 aliphatic heterocycles. The Kier molecular flexibility index (Phi) is 11.3. The first-order chi connectivity index (χ1) is 22.5. The smallest absolute Gasteiger partial charge is 0.264 e. The van der Waals surface area contributed by atoms with Crippen LogP contribution in [0.25, 0.3) is 0 Å². The number of carbonyl (C=O) groups excluding carboxylic acids is 2. The lowest BCUT2D eigenvalue weighted by Crippen LogP contribution is -2.54. The van der Waals surface area contributed by atoms with Crippen molar-refractivity contribution in [3.05, 3.63) is 129 Å². The van der Waals surface area contributed by atoms with Gasteiger partial charge in [-0.05, 0) is 85.3 Å². The fraction of sp³-hybridized carbons (Fsp3) is 0.297. The topological polar surface area (TPSA) is 86.8 Å². The standard InChI is InChI=1S/C37H39Cl2N3O4S/c1-26-17-19-31(21-27(26)2)42(47(45,46)32-15-7-4-8-16-32)25-36(43)41(24-29-18-20-33(38)34(39)22-29)35(23-28-11-5-3-6-12-28)37(44)40-30-13-9-10-14-30/h3-8,11-12,15-22,30,35H,9-10,13-14,23-25H2,1-2H3,(H,40,44)/t35-/m1/s1. The molecular weight excluding hydrogens is 653 g/mol. The number of amides is 2. The molecule has 4 aromatic rings. The number of hydrogen-bond donors (Lipinski definition) is 1. The van der Waals surface area contributed by atoms with Gasteiger partial charge in [0.05, 0.1) is 20.6 Å². The first-order valence-corrected chi connectivity index (χ1v) is 18.0. The Morgan fingerprint density at radius 3 is 2.11 bits per heavy atom. The largest absolute Gasteiger partial charge is 0.352 e. The van der Waals surface area contributed by atoms with Gasteiger partial charge in [-0.2, -0.15) is 0 Å². The lowest BCUT2D eigenvalue weighted by Gasteiger charge is -2.34. The van der Waals surface area contributed by atoms with Crippen molar-refractivity contribution in [3.8, 4) is 0 Å². The second kappa shape index (κ2) is 15.4. The average molecular weight is 693 g/mol. The summed E-state index contributed by atoms with van der Waals surface area (Å²) in [7, 11) is -4.17. The van der Waals surface area contributed by atoms with Crippen molar-refractivity contribution in [2.75, 3.05) is 10.8 Å². The third-order valence-corrected chi connectivity index (χ3v) is 11.2. The highest BCUT2D eigenvalue weighted by Gasteiger charge is 2.35. The summed E-state index contributed by atoms with van der Waals surface area (Å²) in [6, 6.07) is 27.0. The molecule has 0 heterocycles. The number of anilines is 1. The normalized spacial score (nSPS) is 14.0. The van der Waals surface area contributed by atoms with Crippen molar-refractivity contribution in [2.24, 2.45) is 0 Å². The van der Waals surface area contributed by atoms with Crippen molar-refractivity contribution in [3.63, 3.8) is 0 Å². The van der Waals surface area contributed by atoms with Gasteiger partial charge in [0.25, 0.3) is 10.0 Å². The van der Waals surface area contributed by atoms with Crippen LogP contribution in [-0.2, 0) is 32.6 Å². The number of aryl methyl sites for hydroxylation is 2. The first-order valence-electron chi connectivity index (χ1n) is 15.8. The van der Waals surface area contributed by atoms with Gasteiger partial charge in [-0.15, -0.1) is 0 Å². The van der Waals surface area contributed by atoms with Crippen molar-refractivity contribution < 1.29 is 18.0 Å². The predicted molar refractivity (Wildman–Crippen MR) is 188 cm³/mol. The zero-order valence-electron chi connectivity index (χ0n) is 26.5. The molecule has 246 valence electrons. The first kappa shape index (κ1) is 34.5. The van der Waals surface area contributed by atoms with Gasteiger partial charge in [0, 0.05) is 19.0 Å². The quantitative estimate of drug-likeness (QED) is 0.167. The van der Waals surface area contributed by atoms with Crippen molar-refractivity contribution in [1.29, 1.82) is 0 Å². The van der Waals surface area contributed by atoms with E-state index >= 15 is 0 Å². The third-order valence-electron chi connectivity index (χ3n) is 8.70. The minimum absolute atomic E-state index is 0.0114. The molecule has 1 atom stereocenters. The van der Waals surface area contributed by atoms with Crippen LogP contribution in [0.15, 0.2) is 102 Å². The molecule has 0 bridgehead atoms. The van der Waals surface area contributed by atoms with E-state index in [1.165, 1.54) is 17.0 Å². The Bertz CT molecular complexity index is 1810. The third kappa shape index (κ3) is 8.55. The van der Waals surface area contributed by atoms with Crippen LogP contribution in [-0.4, -0.2) is 43.8 Å². The SMILES string of the molecule is Cc1ccc(N(CC(=O)N(Cc2ccc(Cl)c(Cl)c2)[C@H](Cc2ccccc2)C(=O)NC2CCCC2)S(=O)(=O)c2ccccc2)cc1C. The molecule has 10 heteroatoms. The number of hydrogen-bond acceptors (Lipinski definition) is 4. The molecule has 1 N–H and O–H groups in total. The van der Waals surface area contributed by atoms with Crippen LogP contribution in [0.2, 0.25) is 10.0 Å². The molecule has 2 amide bonds. The van der Waals surface area contributed by atoms with Crippen LogP contribution in [0.1, 0.15) is 47.9 Å². The number of halogens is 2. The van der Waals surface area contributed by atoms with E-state index in [2.05, 4.69) is 5.32 Å². The molecule has 0 saturated heterocycles. The lowest BCUT2D eigenvalue weighted by molar-refractivity contribution is -0.140. The maximum absolute atomic E-state index is 14.7. The maximum Gasteiger partial charge on any atom is 0.264 e. The number of nitrogens with one attached hydrogen (secondary N) is 1. The highest BCUT2D eigenvalue weighted by atomic mass is 35.5. The Morgan fingerprint density at radius 1 is 0.809 bits per heavy atom. The highest BCUT2D eigenvalue weighted by Crippen LogP contribution is 2.28. The number of nitrogens with zero attached hydrogens (tertiary/aromatic N) is 2. The van der Waals surface area contributed by atoms with Gasteiger partial charge < -0.3 is 10.2 Å². The van der Waals surface area contributed by atoms with E-state index in [0.717, 1.165) is 46.7 Å². The van der Waals surface area contributed by atoms with Gasteiger partial charge >= 0.3 is 0 Å². The van der Waals surface area contributed by atoms with Gasteiger partial charge in [-0.25, -0.2) is 8.42 Å². The van der Waals surface area contributed by atoms with E-state index in [-0.39, 0.29) is 29.8 Å². The van der Waals surface area contributed by atoms with Crippen LogP contribution in [0.4, 0.5) is 5.69 Å². The van der Waals surface area contributed by atoms with E-state index in [4.69, 9.17) is 23.2 Å². The summed E-state index contributed by atoms with van der Waals surface area (Å²) in [4.78, 5) is 30.3. The molecule has 1 aliphatic carbocycles. The van der Waals surface area contributed by atoms with E-state index in [0.29, 0.717) is 21.3 Å². The minimum atomic E-state index is -4.17. The lowest BCUT2D eigenvalue weighted by atomic mass is 10.0. The minimum Gasteiger partial charge on any atom is -0.352 e. The summed E-state index contributed by atoms with van der Waals surface area (Å²) in [6.45, 7) is 3.32. The molecule has 0 aromatic heterocycles. The van der Waals surface area contributed by atoms with Crippen molar-refractivity contribution in [2.45, 2.75) is 69.5 Å². The molecule has 0 radical (unpaired) electrons. The van der Waals surface area contributed by atoms with Gasteiger partial charge in [0.15, 0.2) is 0 Å². The number of sulfonamides is 1. The fourth-order valence-electron chi connectivity index (χ4n) is 5.89. The van der Waals surface area contributed by atoms with Crippen LogP contribution < -0.4 is 9.62 Å². The van der Waals surface area contributed by atoms with Gasteiger partial charge in [-0.3, -0.25) is 13.9 Å². The van der Waals surface area contributed by atoms with Crippen molar-refractivity contribution >= 4 is 50.7 Å². The summed E-state index contributed by atoms with van der Waals surface area (Å²) >= 11 is 12.6. The van der Waals surface area contributed by atoms with E-state index in [1.54, 1.807) is 48.5 Å². The summed E-state index contributed by atoms with van der Waals surface area (Å²) in [5, 5.41) is 3.86. The maximum atomic E-state index is 14.7. The monoisotopic (exact) mass is 691 g/mol. The summed E-state index contributed by atoms with van der Waals surface area (Å²) in [5.74, 6) is -0.811. The molecular formula is C37H39Cl2N3O4S. The Balaban J connectivity index is 1.58. The Labute approximate surface area is 287 Å². The Morgan fingerprint density at radius 2 is 1.47 bits per heavy atom. The highest BCUT2D eigenvalue weighted by molar-refractivity contribution is 7.92. The van der Waals surface area contributed by atoms with Crippen LogP contribution in [0.3, 0.4) is 0 Å². The van der Waals surface area contributed by atoms with E-state index < -0.39 is 28.5 Å². The van der Waals surface area contributed by atoms with Gasteiger partial charge in [-0.1, -0.05) is 96.7 Å². The molecule has 4 aromatic carbocycles. The number of benzene rings is 4. The zero-order valence-corrected chi connectivity index (χ0v) is 28.9. The van der Waals surface area contributed by atoms with Crippen LogP contribution >= 0.6 is 23.2 Å². The Hall–Kier alpha value is -3.85. The molecule has 1 fully saturated rings. The second-order valence-electron chi connectivity index (χ2n) is 12.1. The zero-order chi connectivity index (χ0) is 33.6. The molecule has 0 spiro atoms. The molecule has 47 heavy (non-hydrogen) atoms. The number of carbonyl (C=O) groups is 2. The summed E-state index contributed by atoms with van der Waals surface area (Å²) in [5.41, 5.74) is 3.76. The number of rotatable bonds is 12. The average Bonchev–Trinajstić information content (AvgIpc) is 3.58. The fourth-order valence-corrected chi connectivity index (χ4v) is 7.63. The van der Waals surface area contributed by atoms with Gasteiger partial charge in [0.1, 0.15) is 12.6 Å². The van der Waals surface area contributed by atoms with Crippen molar-refractivity contribution in [1.82, 2.24) is 10.2 Å². The van der Waals surface area contributed by atoms with Crippen LogP contribution in [0.5, 0.6) is 0 Å². The molecule has 1 saturated carbocycles. The van der Waals surface area contributed by atoms with Gasteiger partial charge in [0.2, 0.25) is 11.8 Å². The molecule has 1 aliphatic rings. The molecule has 5 rings (SSSR count). The van der Waals surface area contributed by atoms with E-state index in [1.807, 2.05) is 50.2 Å².